The number of aliphatic carboxylic acids is 1. The minimum absolute atomic E-state index is 0.0119. The zero-order chi connectivity index (χ0) is 25.9. The number of nitrogens with zero attached hydrogens (tertiary/aromatic N) is 2. The van der Waals surface area contributed by atoms with E-state index in [0.717, 1.165) is 38.0 Å². The number of alkyl halides is 2. The van der Waals surface area contributed by atoms with E-state index in [2.05, 4.69) is 10.2 Å². The molecule has 2 aliphatic heterocycles. The zero-order valence-corrected chi connectivity index (χ0v) is 22.0. The quantitative estimate of drug-likeness (QED) is 0.477. The van der Waals surface area contributed by atoms with Crippen LogP contribution in [0.15, 0.2) is 18.2 Å². The maximum absolute atomic E-state index is 13.4. The van der Waals surface area contributed by atoms with Crippen molar-refractivity contribution in [2.75, 3.05) is 32.7 Å². The van der Waals surface area contributed by atoms with Crippen molar-refractivity contribution in [2.24, 2.45) is 11.3 Å². The van der Waals surface area contributed by atoms with Gasteiger partial charge in [-0.05, 0) is 56.7 Å². The predicted molar refractivity (Wildman–Crippen MR) is 136 cm³/mol. The number of benzene rings is 1. The number of piperidine rings is 1. The van der Waals surface area contributed by atoms with Gasteiger partial charge >= 0.3 is 5.97 Å². The summed E-state index contributed by atoms with van der Waals surface area (Å²) in [5, 5.41) is 13.8. The van der Waals surface area contributed by atoms with Gasteiger partial charge in [-0.15, -0.1) is 0 Å². The summed E-state index contributed by atoms with van der Waals surface area (Å²) >= 11 is 12.6. The van der Waals surface area contributed by atoms with Crippen molar-refractivity contribution < 1.29 is 23.5 Å². The monoisotopic (exact) mass is 545 g/mol. The van der Waals surface area contributed by atoms with E-state index in [9.17, 15) is 23.5 Å². The van der Waals surface area contributed by atoms with Crippen molar-refractivity contribution in [2.45, 2.75) is 69.9 Å². The Morgan fingerprint density at radius 1 is 1.00 bits per heavy atom. The van der Waals surface area contributed by atoms with Gasteiger partial charge in [0.05, 0.1) is 11.8 Å². The molecule has 0 spiro atoms. The van der Waals surface area contributed by atoms with Crippen molar-refractivity contribution in [1.29, 1.82) is 0 Å². The van der Waals surface area contributed by atoms with Gasteiger partial charge in [-0.25, -0.2) is 8.78 Å². The average Bonchev–Trinajstić information content (AvgIpc) is 3.22. The molecule has 1 amide bonds. The fraction of sp³-hybridized carbons (Fsp3) is 0.692. The average molecular weight is 546 g/mol. The number of hydrogen-bond acceptors (Lipinski definition) is 4. The Morgan fingerprint density at radius 2 is 1.64 bits per heavy atom. The molecule has 0 unspecified atom stereocenters. The number of carboxylic acid groups (broad SMARTS) is 1. The highest BCUT2D eigenvalue weighted by Crippen LogP contribution is 2.38. The molecule has 2 heterocycles. The Hall–Kier alpha value is -1.48. The van der Waals surface area contributed by atoms with Crippen LogP contribution in [0.1, 0.15) is 56.9 Å². The second-order valence-corrected chi connectivity index (χ2v) is 11.7. The van der Waals surface area contributed by atoms with E-state index in [4.69, 9.17) is 23.2 Å². The Balaban J connectivity index is 1.30. The summed E-state index contributed by atoms with van der Waals surface area (Å²) in [6.07, 6.45) is 2.88. The molecule has 1 aromatic carbocycles. The molecule has 10 heteroatoms. The maximum Gasteiger partial charge on any atom is 0.304 e. The molecule has 1 aliphatic carbocycles. The highest BCUT2D eigenvalue weighted by Gasteiger charge is 2.47. The molecule has 1 saturated carbocycles. The van der Waals surface area contributed by atoms with Crippen LogP contribution in [0.2, 0.25) is 10.0 Å². The van der Waals surface area contributed by atoms with Crippen LogP contribution >= 0.6 is 23.2 Å². The second kappa shape index (κ2) is 11.5. The van der Waals surface area contributed by atoms with Crippen molar-refractivity contribution >= 4 is 35.1 Å². The normalized spacial score (nSPS) is 26.2. The number of carboxylic acids is 1. The number of carbonyl (C=O) groups excluding carboxylic acids is 1. The molecule has 1 aromatic rings. The summed E-state index contributed by atoms with van der Waals surface area (Å²) < 4.78 is 26.9. The summed E-state index contributed by atoms with van der Waals surface area (Å²) in [4.78, 5) is 29.5. The van der Waals surface area contributed by atoms with Crippen molar-refractivity contribution in [3.8, 4) is 0 Å². The standard InChI is InChI=1S/C26H35Cl2F2N3O3/c27-21-2-1-3-22(28)20(21)16-33-13-10-25(17-33,14-23(34)35)24(36)31-19-6-11-32(12-7-19)15-18-4-8-26(29,30)9-5-18/h1-3,18-19H,4-17H2,(H,31,36)(H,34,35)/t25-/m1/s1. The Bertz CT molecular complexity index is 928. The highest BCUT2D eigenvalue weighted by atomic mass is 35.5. The first-order chi connectivity index (χ1) is 17.1. The fourth-order valence-electron chi connectivity index (χ4n) is 5.95. The molecule has 36 heavy (non-hydrogen) atoms. The predicted octanol–water partition coefficient (Wildman–Crippen LogP) is 5.07. The largest absolute Gasteiger partial charge is 0.481 e. The number of hydrogen-bond donors (Lipinski definition) is 2. The number of carbonyl (C=O) groups is 2. The molecule has 1 atom stereocenters. The minimum Gasteiger partial charge on any atom is -0.481 e. The Labute approximate surface area is 221 Å². The van der Waals surface area contributed by atoms with Gasteiger partial charge in [0.2, 0.25) is 11.8 Å². The smallest absolute Gasteiger partial charge is 0.304 e. The first-order valence-electron chi connectivity index (χ1n) is 12.8. The molecule has 2 N–H and O–H groups in total. The number of rotatable bonds is 8. The lowest BCUT2D eigenvalue weighted by Gasteiger charge is -2.37. The minimum atomic E-state index is -2.50. The third kappa shape index (κ3) is 6.88. The van der Waals surface area contributed by atoms with E-state index in [1.807, 2.05) is 4.90 Å². The van der Waals surface area contributed by atoms with E-state index >= 15 is 0 Å². The Kier molecular flexibility index (Phi) is 8.80. The topological polar surface area (TPSA) is 72.9 Å². The summed E-state index contributed by atoms with van der Waals surface area (Å²) in [6.45, 7) is 3.82. The third-order valence-corrected chi connectivity index (χ3v) is 8.83. The zero-order valence-electron chi connectivity index (χ0n) is 20.5. The molecule has 200 valence electrons. The molecular weight excluding hydrogens is 511 g/mol. The van der Waals surface area contributed by atoms with E-state index < -0.39 is 17.3 Å². The summed E-state index contributed by atoms with van der Waals surface area (Å²) in [7, 11) is 0. The number of nitrogens with one attached hydrogen (secondary N) is 1. The molecule has 2 saturated heterocycles. The van der Waals surface area contributed by atoms with Gasteiger partial charge in [0.1, 0.15) is 0 Å². The van der Waals surface area contributed by atoms with Gasteiger partial charge in [0.15, 0.2) is 0 Å². The summed E-state index contributed by atoms with van der Waals surface area (Å²) in [5.41, 5.74) is -0.217. The van der Waals surface area contributed by atoms with Crippen molar-refractivity contribution in [3.05, 3.63) is 33.8 Å². The lowest BCUT2D eigenvalue weighted by Crippen LogP contribution is -2.51. The number of likely N-dealkylation sites (tertiary alicyclic amines) is 2. The van der Waals surface area contributed by atoms with Gasteiger partial charge in [0.25, 0.3) is 0 Å². The van der Waals surface area contributed by atoms with Crippen molar-refractivity contribution in [3.63, 3.8) is 0 Å². The first-order valence-corrected chi connectivity index (χ1v) is 13.6. The van der Waals surface area contributed by atoms with E-state index in [0.29, 0.717) is 54.9 Å². The highest BCUT2D eigenvalue weighted by molar-refractivity contribution is 6.35. The molecular formula is C26H35Cl2F2N3O3. The molecule has 0 aromatic heterocycles. The summed E-state index contributed by atoms with van der Waals surface area (Å²) in [6, 6.07) is 5.30. The van der Waals surface area contributed by atoms with Gasteiger partial charge in [0, 0.05) is 67.2 Å². The SMILES string of the molecule is O=C(O)C[C@]1(C(=O)NC2CCN(CC3CCC(F)(F)CC3)CC2)CCN(Cc2c(Cl)cccc2Cl)C1. The maximum atomic E-state index is 13.4. The van der Waals surface area contributed by atoms with Gasteiger partial charge in [-0.3, -0.25) is 14.5 Å². The molecule has 3 aliphatic rings. The third-order valence-electron chi connectivity index (χ3n) is 8.12. The van der Waals surface area contributed by atoms with E-state index in [-0.39, 0.29) is 31.2 Å². The van der Waals surface area contributed by atoms with Crippen LogP contribution in [0.4, 0.5) is 8.78 Å². The van der Waals surface area contributed by atoms with Crippen LogP contribution in [0.5, 0.6) is 0 Å². The molecule has 0 radical (unpaired) electrons. The van der Waals surface area contributed by atoms with Gasteiger partial charge in [-0.2, -0.15) is 0 Å². The van der Waals surface area contributed by atoms with Crippen LogP contribution in [-0.2, 0) is 16.1 Å². The van der Waals surface area contributed by atoms with Crippen LogP contribution in [-0.4, -0.2) is 71.5 Å². The van der Waals surface area contributed by atoms with Crippen LogP contribution < -0.4 is 5.32 Å². The van der Waals surface area contributed by atoms with Crippen molar-refractivity contribution in [1.82, 2.24) is 15.1 Å². The lowest BCUT2D eigenvalue weighted by molar-refractivity contribution is -0.145. The molecule has 0 bridgehead atoms. The molecule has 4 rings (SSSR count). The van der Waals surface area contributed by atoms with Crippen LogP contribution in [0.3, 0.4) is 0 Å². The summed E-state index contributed by atoms with van der Waals surface area (Å²) in [5.74, 6) is -3.39. The van der Waals surface area contributed by atoms with Gasteiger partial charge in [-0.1, -0.05) is 29.3 Å². The van der Waals surface area contributed by atoms with E-state index in [1.54, 1.807) is 18.2 Å². The number of halogens is 4. The molecule has 3 fully saturated rings. The first kappa shape index (κ1) is 27.6. The second-order valence-electron chi connectivity index (χ2n) is 10.9. The van der Waals surface area contributed by atoms with Gasteiger partial charge < -0.3 is 15.3 Å². The number of amides is 1. The lowest BCUT2D eigenvalue weighted by atomic mass is 9.82. The van der Waals surface area contributed by atoms with E-state index in [1.165, 1.54) is 0 Å². The van der Waals surface area contributed by atoms with Crippen LogP contribution in [0.25, 0.3) is 0 Å². The fourth-order valence-corrected chi connectivity index (χ4v) is 6.46. The Morgan fingerprint density at radius 3 is 2.25 bits per heavy atom. The molecule has 6 nitrogen and oxygen atoms in total. The van der Waals surface area contributed by atoms with Crippen LogP contribution in [0, 0.1) is 11.3 Å².